The van der Waals surface area contributed by atoms with Crippen molar-refractivity contribution in [1.29, 1.82) is 0 Å². The molecule has 1 heterocycles. The minimum Gasteiger partial charge on any atom is -0.489 e. The van der Waals surface area contributed by atoms with Gasteiger partial charge in [-0.1, -0.05) is 0 Å². The fourth-order valence-corrected chi connectivity index (χ4v) is 3.50. The first-order chi connectivity index (χ1) is 12.0. The lowest BCUT2D eigenvalue weighted by molar-refractivity contribution is -0.120. The zero-order chi connectivity index (χ0) is 18.0. The number of rotatable bonds is 5. The van der Waals surface area contributed by atoms with Crippen LogP contribution in [-0.4, -0.2) is 29.3 Å². The van der Waals surface area contributed by atoms with Crippen molar-refractivity contribution in [3.63, 3.8) is 0 Å². The van der Waals surface area contributed by atoms with Gasteiger partial charge in [-0.2, -0.15) is 0 Å². The predicted molar refractivity (Wildman–Crippen MR) is 97.1 cm³/mol. The molecule has 0 radical (unpaired) electrons. The summed E-state index contributed by atoms with van der Waals surface area (Å²) < 4.78 is 6.55. The lowest BCUT2D eigenvalue weighted by atomic mass is 9.93. The van der Waals surface area contributed by atoms with E-state index < -0.39 is 0 Å². The number of hydrogen-bond acceptors (Lipinski definition) is 5. The summed E-state index contributed by atoms with van der Waals surface area (Å²) in [7, 11) is 0. The second-order valence-electron chi connectivity index (χ2n) is 6.19. The van der Waals surface area contributed by atoms with Gasteiger partial charge in [0.2, 0.25) is 0 Å². The number of anilines is 1. The van der Waals surface area contributed by atoms with E-state index in [2.05, 4.69) is 21.1 Å². The molecule has 132 valence electrons. The monoisotopic (exact) mass is 406 g/mol. The number of oxime groups is 1. The van der Waals surface area contributed by atoms with Crippen molar-refractivity contribution >= 4 is 39.6 Å². The maximum Gasteiger partial charge on any atom is 0.261 e. The van der Waals surface area contributed by atoms with Crippen molar-refractivity contribution in [2.45, 2.75) is 45.1 Å². The van der Waals surface area contributed by atoms with Crippen LogP contribution in [0.5, 0.6) is 5.75 Å². The Labute approximate surface area is 154 Å². The summed E-state index contributed by atoms with van der Waals surface area (Å²) in [5, 5.41) is 11.5. The molecule has 6 nitrogen and oxygen atoms in total. The molecule has 1 aromatic carbocycles. The fourth-order valence-electron chi connectivity index (χ4n) is 3.16. The molecule has 1 aliphatic carbocycles. The van der Waals surface area contributed by atoms with Gasteiger partial charge in [-0.05, 0) is 60.7 Å². The van der Waals surface area contributed by atoms with Gasteiger partial charge in [-0.3, -0.25) is 9.59 Å². The van der Waals surface area contributed by atoms with Gasteiger partial charge in [-0.15, -0.1) is 5.16 Å². The highest BCUT2D eigenvalue weighted by atomic mass is 79.9. The van der Waals surface area contributed by atoms with Crippen molar-refractivity contribution < 1.29 is 19.5 Å². The lowest BCUT2D eigenvalue weighted by Gasteiger charge is -2.19. The fraction of sp³-hybridized carbons (Fsp3) is 0.389. The van der Waals surface area contributed by atoms with E-state index in [0.29, 0.717) is 41.8 Å². The molecule has 0 spiro atoms. The van der Waals surface area contributed by atoms with E-state index in [4.69, 9.17) is 9.94 Å². The summed E-state index contributed by atoms with van der Waals surface area (Å²) in [6.45, 7) is 1.84. The van der Waals surface area contributed by atoms with E-state index in [0.717, 1.165) is 17.3 Å². The SMILES string of the molecule is CC(CC=NO)Oc1cc(N2C(=O)C3=C(CCCC3)C2=O)ccc1Br. The average Bonchev–Trinajstić information content (AvgIpc) is 2.87. The summed E-state index contributed by atoms with van der Waals surface area (Å²) in [5.74, 6) is 0.101. The standard InChI is InChI=1S/C18H19BrN2O4/c1-11(8-9-20-24)25-16-10-12(6-7-15(16)19)21-17(22)13-4-2-3-5-14(13)18(21)23/h6-7,9-11,24H,2-5,8H2,1H3. The Bertz CT molecular complexity index is 744. The topological polar surface area (TPSA) is 79.2 Å². The van der Waals surface area contributed by atoms with Crippen LogP contribution in [0.15, 0.2) is 39.0 Å². The van der Waals surface area contributed by atoms with Crippen LogP contribution in [0.1, 0.15) is 39.0 Å². The van der Waals surface area contributed by atoms with Crippen molar-refractivity contribution in [3.8, 4) is 5.75 Å². The maximum absolute atomic E-state index is 12.7. The number of carbonyl (C=O) groups is 2. The molecule has 0 aromatic heterocycles. The first-order valence-corrected chi connectivity index (χ1v) is 9.05. The van der Waals surface area contributed by atoms with Gasteiger partial charge in [0.15, 0.2) is 0 Å². The van der Waals surface area contributed by atoms with Gasteiger partial charge in [0, 0.05) is 29.8 Å². The molecule has 1 N–H and O–H groups in total. The maximum atomic E-state index is 12.7. The number of nitrogens with zero attached hydrogens (tertiary/aromatic N) is 2. The number of hydrogen-bond donors (Lipinski definition) is 1. The molecule has 0 bridgehead atoms. The molecule has 0 saturated heterocycles. The summed E-state index contributed by atoms with van der Waals surface area (Å²) in [6, 6.07) is 5.17. The highest BCUT2D eigenvalue weighted by Gasteiger charge is 2.39. The summed E-state index contributed by atoms with van der Waals surface area (Å²) >= 11 is 3.42. The van der Waals surface area contributed by atoms with Crippen molar-refractivity contribution in [1.82, 2.24) is 0 Å². The molecule has 3 rings (SSSR count). The summed E-state index contributed by atoms with van der Waals surface area (Å²) in [4.78, 5) is 26.6. The molecule has 25 heavy (non-hydrogen) atoms. The Morgan fingerprint density at radius 1 is 1.28 bits per heavy atom. The molecule has 1 aromatic rings. The van der Waals surface area contributed by atoms with Crippen molar-refractivity contribution in [3.05, 3.63) is 33.8 Å². The Morgan fingerprint density at radius 3 is 2.52 bits per heavy atom. The van der Waals surface area contributed by atoms with E-state index in [1.165, 1.54) is 11.1 Å². The highest BCUT2D eigenvalue weighted by Crippen LogP contribution is 2.38. The van der Waals surface area contributed by atoms with Crippen LogP contribution in [0.4, 0.5) is 5.69 Å². The normalized spacial score (nSPS) is 18.9. The minimum absolute atomic E-state index is 0.214. The molecular formula is C18H19BrN2O4. The number of imide groups is 1. The lowest BCUT2D eigenvalue weighted by Crippen LogP contribution is -2.31. The largest absolute Gasteiger partial charge is 0.489 e. The van der Waals surface area contributed by atoms with E-state index in [1.54, 1.807) is 18.2 Å². The Kier molecular flexibility index (Phi) is 5.22. The zero-order valence-electron chi connectivity index (χ0n) is 13.9. The van der Waals surface area contributed by atoms with E-state index in [-0.39, 0.29) is 17.9 Å². The third-order valence-electron chi connectivity index (χ3n) is 4.41. The molecular weight excluding hydrogens is 388 g/mol. The van der Waals surface area contributed by atoms with Crippen LogP contribution in [0.25, 0.3) is 0 Å². The number of benzene rings is 1. The number of halogens is 1. The van der Waals surface area contributed by atoms with Crippen LogP contribution < -0.4 is 9.64 Å². The van der Waals surface area contributed by atoms with Gasteiger partial charge >= 0.3 is 0 Å². The second kappa shape index (κ2) is 7.39. The molecule has 1 aliphatic heterocycles. The van der Waals surface area contributed by atoms with Crippen LogP contribution in [0.2, 0.25) is 0 Å². The van der Waals surface area contributed by atoms with Gasteiger partial charge in [-0.25, -0.2) is 4.90 Å². The van der Waals surface area contributed by atoms with Gasteiger partial charge in [0.05, 0.1) is 10.2 Å². The van der Waals surface area contributed by atoms with Gasteiger partial charge in [0.25, 0.3) is 11.8 Å². The third kappa shape index (κ3) is 3.46. The molecule has 1 atom stereocenters. The first kappa shape index (κ1) is 17.7. The predicted octanol–water partition coefficient (Wildman–Crippen LogP) is 3.81. The molecule has 7 heteroatoms. The summed E-state index contributed by atoms with van der Waals surface area (Å²) in [6.07, 6.45) is 4.81. The smallest absolute Gasteiger partial charge is 0.261 e. The molecule has 2 amide bonds. The Hall–Kier alpha value is -2.15. The minimum atomic E-state index is -0.223. The van der Waals surface area contributed by atoms with Crippen LogP contribution in [-0.2, 0) is 9.59 Å². The number of ether oxygens (including phenoxy) is 1. The van der Waals surface area contributed by atoms with E-state index >= 15 is 0 Å². The van der Waals surface area contributed by atoms with Crippen molar-refractivity contribution in [2.75, 3.05) is 4.90 Å². The van der Waals surface area contributed by atoms with Crippen LogP contribution in [0, 0.1) is 0 Å². The van der Waals surface area contributed by atoms with Crippen molar-refractivity contribution in [2.24, 2.45) is 5.16 Å². The first-order valence-electron chi connectivity index (χ1n) is 8.26. The number of amides is 2. The molecule has 2 aliphatic rings. The molecule has 0 fully saturated rings. The number of carbonyl (C=O) groups excluding carboxylic acids is 2. The Balaban J connectivity index is 1.85. The van der Waals surface area contributed by atoms with E-state index in [9.17, 15) is 9.59 Å². The molecule has 0 saturated carbocycles. The second-order valence-corrected chi connectivity index (χ2v) is 7.04. The van der Waals surface area contributed by atoms with Crippen LogP contribution in [0.3, 0.4) is 0 Å². The Morgan fingerprint density at radius 2 is 1.92 bits per heavy atom. The average molecular weight is 407 g/mol. The third-order valence-corrected chi connectivity index (χ3v) is 5.07. The van der Waals surface area contributed by atoms with Gasteiger partial charge < -0.3 is 9.94 Å². The van der Waals surface area contributed by atoms with Gasteiger partial charge in [0.1, 0.15) is 11.9 Å². The highest BCUT2D eigenvalue weighted by molar-refractivity contribution is 9.10. The molecule has 1 unspecified atom stereocenters. The van der Waals surface area contributed by atoms with Crippen LogP contribution >= 0.6 is 15.9 Å². The zero-order valence-corrected chi connectivity index (χ0v) is 15.5. The quantitative estimate of drug-likeness (QED) is 0.349. The van der Waals surface area contributed by atoms with E-state index in [1.807, 2.05) is 6.92 Å². The summed E-state index contributed by atoms with van der Waals surface area (Å²) in [5.41, 5.74) is 1.83.